The van der Waals surface area contributed by atoms with Gasteiger partial charge in [-0.1, -0.05) is 55.7 Å². The summed E-state index contributed by atoms with van der Waals surface area (Å²) in [5.41, 5.74) is 1.28. The van der Waals surface area contributed by atoms with Gasteiger partial charge in [0.2, 0.25) is 0 Å². The van der Waals surface area contributed by atoms with Gasteiger partial charge in [0, 0.05) is 0 Å². The van der Waals surface area contributed by atoms with Crippen molar-refractivity contribution in [1.82, 2.24) is 0 Å². The summed E-state index contributed by atoms with van der Waals surface area (Å²) in [6.07, 6.45) is 6.71. The van der Waals surface area contributed by atoms with Crippen molar-refractivity contribution in [3.05, 3.63) is 29.8 Å². The van der Waals surface area contributed by atoms with Crippen LogP contribution in [0.5, 0.6) is 5.75 Å². The first kappa shape index (κ1) is 11.8. The van der Waals surface area contributed by atoms with Gasteiger partial charge in [-0.25, -0.2) is 0 Å². The van der Waals surface area contributed by atoms with E-state index in [1.165, 1.54) is 37.7 Å². The minimum atomic E-state index is 0.284. The lowest BCUT2D eigenvalue weighted by molar-refractivity contribution is 0.352. The van der Waals surface area contributed by atoms with E-state index in [9.17, 15) is 0 Å². The molecule has 0 aliphatic heterocycles. The number of benzene rings is 1. The zero-order valence-corrected chi connectivity index (χ0v) is 10.6. The Morgan fingerprint density at radius 3 is 2.31 bits per heavy atom. The second-order valence-electron chi connectivity index (χ2n) is 4.59. The van der Waals surface area contributed by atoms with Crippen molar-refractivity contribution >= 4 is 12.6 Å². The minimum Gasteiger partial charge on any atom is -0.784 e. The van der Waals surface area contributed by atoms with Crippen LogP contribution in [0.1, 0.15) is 42.9 Å². The van der Waals surface area contributed by atoms with E-state index in [1.807, 2.05) is 12.1 Å². The van der Waals surface area contributed by atoms with Crippen LogP contribution < -0.4 is 4.74 Å². The summed E-state index contributed by atoms with van der Waals surface area (Å²) in [4.78, 5) is 0. The van der Waals surface area contributed by atoms with Crippen LogP contribution in [0, 0.1) is 5.92 Å². The predicted octanol–water partition coefficient (Wildman–Crippen LogP) is 3.86. The van der Waals surface area contributed by atoms with Crippen LogP contribution in [-0.4, -0.2) is 7.11 Å². The standard InChI is InChI=1S/C14H20OS/c1-15-13-9-7-12(8-10-13)14(16)11-5-3-2-4-6-11/h7-11,14,16H,2-6H2,1H3/p-1. The van der Waals surface area contributed by atoms with Crippen molar-refractivity contribution in [1.29, 1.82) is 0 Å². The zero-order valence-electron chi connectivity index (χ0n) is 9.82. The molecule has 1 saturated carbocycles. The highest BCUT2D eigenvalue weighted by atomic mass is 32.1. The normalized spacial score (nSPS) is 19.4. The highest BCUT2D eigenvalue weighted by Gasteiger charge is 2.16. The molecule has 1 nitrogen and oxygen atoms in total. The molecule has 1 atom stereocenters. The SMILES string of the molecule is COc1ccc(C([S-])C2CCCCC2)cc1. The lowest BCUT2D eigenvalue weighted by Crippen LogP contribution is -2.14. The monoisotopic (exact) mass is 235 g/mol. The molecule has 2 heteroatoms. The number of ether oxygens (including phenoxy) is 1. The van der Waals surface area contributed by atoms with Crippen LogP contribution in [-0.2, 0) is 12.6 Å². The first-order valence-corrected chi connectivity index (χ1v) is 6.58. The average molecular weight is 235 g/mol. The second kappa shape index (κ2) is 5.62. The van der Waals surface area contributed by atoms with Crippen LogP contribution in [0.15, 0.2) is 24.3 Å². The van der Waals surface area contributed by atoms with Crippen LogP contribution in [0.4, 0.5) is 0 Å². The van der Waals surface area contributed by atoms with Gasteiger partial charge >= 0.3 is 0 Å². The molecule has 1 fully saturated rings. The van der Waals surface area contributed by atoms with Crippen molar-refractivity contribution in [2.24, 2.45) is 5.92 Å². The molecular formula is C14H19OS-. The van der Waals surface area contributed by atoms with E-state index in [2.05, 4.69) is 12.1 Å². The summed E-state index contributed by atoms with van der Waals surface area (Å²) in [5, 5.41) is 0.284. The predicted molar refractivity (Wildman–Crippen MR) is 69.7 cm³/mol. The third kappa shape index (κ3) is 2.73. The maximum absolute atomic E-state index is 5.66. The average Bonchev–Trinajstić information content (AvgIpc) is 2.39. The van der Waals surface area contributed by atoms with Gasteiger partial charge in [0.05, 0.1) is 7.11 Å². The van der Waals surface area contributed by atoms with Gasteiger partial charge in [0.15, 0.2) is 0 Å². The molecule has 0 heterocycles. The molecular weight excluding hydrogens is 216 g/mol. The fourth-order valence-corrected chi connectivity index (χ4v) is 2.93. The summed E-state index contributed by atoms with van der Waals surface area (Å²) in [6, 6.07) is 8.26. The molecule has 0 saturated heterocycles. The maximum Gasteiger partial charge on any atom is 0.118 e. The Morgan fingerprint density at radius 1 is 1.12 bits per heavy atom. The van der Waals surface area contributed by atoms with Crippen molar-refractivity contribution < 1.29 is 4.74 Å². The number of hydrogen-bond donors (Lipinski definition) is 0. The second-order valence-corrected chi connectivity index (χ2v) is 5.10. The number of methoxy groups -OCH3 is 1. The number of hydrogen-bond acceptors (Lipinski definition) is 2. The molecule has 0 aromatic heterocycles. The summed E-state index contributed by atoms with van der Waals surface area (Å²) in [6.45, 7) is 0. The summed E-state index contributed by atoms with van der Waals surface area (Å²) in [5.74, 6) is 1.62. The lowest BCUT2D eigenvalue weighted by Gasteiger charge is -2.35. The Morgan fingerprint density at radius 2 is 1.75 bits per heavy atom. The summed E-state index contributed by atoms with van der Waals surface area (Å²) >= 11 is 5.66. The summed E-state index contributed by atoms with van der Waals surface area (Å²) in [7, 11) is 1.70. The quantitative estimate of drug-likeness (QED) is 0.736. The molecule has 1 aliphatic rings. The first-order chi connectivity index (χ1) is 7.81. The van der Waals surface area contributed by atoms with E-state index in [4.69, 9.17) is 17.4 Å². The molecule has 2 rings (SSSR count). The van der Waals surface area contributed by atoms with Crippen molar-refractivity contribution in [3.8, 4) is 5.75 Å². The van der Waals surface area contributed by atoms with Crippen molar-refractivity contribution in [2.45, 2.75) is 37.4 Å². The maximum atomic E-state index is 5.66. The largest absolute Gasteiger partial charge is 0.784 e. The fourth-order valence-electron chi connectivity index (χ4n) is 2.50. The topological polar surface area (TPSA) is 9.23 Å². The molecule has 1 unspecified atom stereocenters. The zero-order chi connectivity index (χ0) is 11.4. The van der Waals surface area contributed by atoms with Crippen LogP contribution in [0.2, 0.25) is 0 Å². The fraction of sp³-hybridized carbons (Fsp3) is 0.571. The van der Waals surface area contributed by atoms with Gasteiger partial charge < -0.3 is 17.4 Å². The molecule has 0 spiro atoms. The van der Waals surface area contributed by atoms with Gasteiger partial charge in [-0.3, -0.25) is 0 Å². The summed E-state index contributed by atoms with van der Waals surface area (Å²) < 4.78 is 5.16. The third-order valence-electron chi connectivity index (χ3n) is 3.52. The molecule has 88 valence electrons. The van der Waals surface area contributed by atoms with E-state index in [-0.39, 0.29) is 5.25 Å². The Hall–Kier alpha value is -0.630. The van der Waals surface area contributed by atoms with Crippen LogP contribution in [0.25, 0.3) is 0 Å². The number of rotatable bonds is 3. The van der Waals surface area contributed by atoms with Crippen LogP contribution in [0.3, 0.4) is 0 Å². The van der Waals surface area contributed by atoms with Crippen LogP contribution >= 0.6 is 0 Å². The molecule has 0 radical (unpaired) electrons. The van der Waals surface area contributed by atoms with Gasteiger partial charge in [0.1, 0.15) is 5.75 Å². The van der Waals surface area contributed by atoms with E-state index in [0.717, 1.165) is 5.75 Å². The Bertz CT molecular complexity index is 314. The van der Waals surface area contributed by atoms with Crippen molar-refractivity contribution in [2.75, 3.05) is 7.11 Å². The molecule has 0 bridgehead atoms. The van der Waals surface area contributed by atoms with Gasteiger partial charge in [-0.2, -0.15) is 0 Å². The molecule has 1 aliphatic carbocycles. The van der Waals surface area contributed by atoms with Crippen molar-refractivity contribution in [3.63, 3.8) is 0 Å². The molecule has 1 aromatic rings. The highest BCUT2D eigenvalue weighted by Crippen LogP contribution is 2.35. The van der Waals surface area contributed by atoms with E-state index >= 15 is 0 Å². The smallest absolute Gasteiger partial charge is 0.118 e. The molecule has 1 aromatic carbocycles. The molecule has 0 amide bonds. The lowest BCUT2D eigenvalue weighted by atomic mass is 9.84. The first-order valence-electron chi connectivity index (χ1n) is 6.11. The van der Waals surface area contributed by atoms with Gasteiger partial charge in [-0.15, -0.1) is 5.25 Å². The van der Waals surface area contributed by atoms with Gasteiger partial charge in [-0.05, 0) is 12.1 Å². The Balaban J connectivity index is 2.04. The highest BCUT2D eigenvalue weighted by molar-refractivity contribution is 7.59. The van der Waals surface area contributed by atoms with Gasteiger partial charge in [0.25, 0.3) is 0 Å². The van der Waals surface area contributed by atoms with E-state index in [0.29, 0.717) is 5.92 Å². The third-order valence-corrected chi connectivity index (χ3v) is 4.18. The Kier molecular flexibility index (Phi) is 4.16. The minimum absolute atomic E-state index is 0.284. The van der Waals surface area contributed by atoms with E-state index < -0.39 is 0 Å². The molecule has 0 N–H and O–H groups in total. The molecule has 16 heavy (non-hydrogen) atoms. The van der Waals surface area contributed by atoms with E-state index in [1.54, 1.807) is 7.11 Å². The Labute approximate surface area is 104 Å².